The molecule has 1 aliphatic heterocycles. The topological polar surface area (TPSA) is 47.9 Å². The van der Waals surface area contributed by atoms with E-state index in [9.17, 15) is 0 Å². The molecule has 13 heavy (non-hydrogen) atoms. The molecule has 0 aliphatic carbocycles. The Bertz CT molecular complexity index is 171. The molecule has 76 valence electrons. The number of hydrogen-bond acceptors (Lipinski definition) is 4. The molecule has 0 aromatic carbocycles. The molecule has 1 rings (SSSR count). The third-order valence-electron chi connectivity index (χ3n) is 2.30. The molecular formula is C9H16O4. The van der Waals surface area contributed by atoms with Gasteiger partial charge >= 0.3 is 0 Å². The predicted octanol–water partition coefficient (Wildman–Crippen LogP) is -0.0379. The van der Waals surface area contributed by atoms with Crippen LogP contribution in [0, 0.1) is 0 Å². The Morgan fingerprint density at radius 2 is 2.00 bits per heavy atom. The highest BCUT2D eigenvalue weighted by Crippen LogP contribution is 2.25. The molecular weight excluding hydrogens is 172 g/mol. The zero-order valence-corrected chi connectivity index (χ0v) is 7.97. The van der Waals surface area contributed by atoms with Crippen LogP contribution < -0.4 is 0 Å². The highest BCUT2D eigenvalue weighted by Gasteiger charge is 2.43. The van der Waals surface area contributed by atoms with E-state index in [2.05, 4.69) is 6.58 Å². The van der Waals surface area contributed by atoms with Crippen molar-refractivity contribution >= 4 is 0 Å². The molecule has 4 heteroatoms. The molecule has 4 nitrogen and oxygen atoms in total. The van der Waals surface area contributed by atoms with Gasteiger partial charge in [0.05, 0.1) is 6.61 Å². The standard InChI is InChI=1S/C9H16O4/c1-4-6-8(11-2)9(12-3)7(5-10)13-6/h4,6-10H,1,5H2,2-3H3/t6?,7?,8-,9-/m1/s1. The van der Waals surface area contributed by atoms with E-state index < -0.39 is 0 Å². The molecule has 0 aromatic rings. The summed E-state index contributed by atoms with van der Waals surface area (Å²) in [7, 11) is 3.17. The number of ether oxygens (including phenoxy) is 3. The van der Waals surface area contributed by atoms with Crippen molar-refractivity contribution in [2.24, 2.45) is 0 Å². The summed E-state index contributed by atoms with van der Waals surface area (Å²) in [6.45, 7) is 3.57. The van der Waals surface area contributed by atoms with E-state index in [1.807, 2.05) is 0 Å². The lowest BCUT2D eigenvalue weighted by Gasteiger charge is -2.19. The van der Waals surface area contributed by atoms with Crippen molar-refractivity contribution in [2.75, 3.05) is 20.8 Å². The smallest absolute Gasteiger partial charge is 0.116 e. The Balaban J connectivity index is 2.70. The van der Waals surface area contributed by atoms with Gasteiger partial charge in [-0.2, -0.15) is 0 Å². The number of hydrogen-bond donors (Lipinski definition) is 1. The Morgan fingerprint density at radius 1 is 1.38 bits per heavy atom. The van der Waals surface area contributed by atoms with Gasteiger partial charge in [-0.15, -0.1) is 6.58 Å². The van der Waals surface area contributed by atoms with Gasteiger partial charge in [-0.3, -0.25) is 0 Å². The molecule has 4 atom stereocenters. The molecule has 1 aliphatic rings. The van der Waals surface area contributed by atoms with E-state index in [-0.39, 0.29) is 31.0 Å². The van der Waals surface area contributed by atoms with Crippen molar-refractivity contribution in [1.29, 1.82) is 0 Å². The number of methoxy groups -OCH3 is 2. The summed E-state index contributed by atoms with van der Waals surface area (Å²) in [5, 5.41) is 9.00. The predicted molar refractivity (Wildman–Crippen MR) is 47.5 cm³/mol. The molecule has 1 fully saturated rings. The van der Waals surface area contributed by atoms with Crippen LogP contribution in [-0.4, -0.2) is 50.3 Å². The van der Waals surface area contributed by atoms with Crippen molar-refractivity contribution < 1.29 is 19.3 Å². The van der Waals surface area contributed by atoms with Crippen LogP contribution in [0.25, 0.3) is 0 Å². The SMILES string of the molecule is C=CC1OC(CO)[C@@H](OC)[C@@H]1OC. The van der Waals surface area contributed by atoms with Crippen LogP contribution in [0.15, 0.2) is 12.7 Å². The van der Waals surface area contributed by atoms with E-state index >= 15 is 0 Å². The number of rotatable bonds is 4. The second kappa shape index (κ2) is 4.72. The van der Waals surface area contributed by atoms with E-state index in [1.54, 1.807) is 20.3 Å². The van der Waals surface area contributed by atoms with Gasteiger partial charge < -0.3 is 19.3 Å². The fourth-order valence-corrected chi connectivity index (χ4v) is 1.65. The number of aliphatic hydroxyl groups excluding tert-OH is 1. The molecule has 1 N–H and O–H groups in total. The third kappa shape index (κ3) is 1.91. The van der Waals surface area contributed by atoms with E-state index in [4.69, 9.17) is 19.3 Å². The average Bonchev–Trinajstić information content (AvgIpc) is 2.54. The van der Waals surface area contributed by atoms with Crippen LogP contribution in [0.1, 0.15) is 0 Å². The number of aliphatic hydroxyl groups is 1. The summed E-state index contributed by atoms with van der Waals surface area (Å²) >= 11 is 0. The molecule has 0 amide bonds. The van der Waals surface area contributed by atoms with Crippen LogP contribution in [-0.2, 0) is 14.2 Å². The summed E-state index contributed by atoms with van der Waals surface area (Å²) < 4.78 is 15.9. The second-order valence-electron chi connectivity index (χ2n) is 2.96. The average molecular weight is 188 g/mol. The zero-order chi connectivity index (χ0) is 9.84. The first-order valence-corrected chi connectivity index (χ1v) is 4.23. The summed E-state index contributed by atoms with van der Waals surface area (Å²) in [5.41, 5.74) is 0. The molecule has 0 radical (unpaired) electrons. The van der Waals surface area contributed by atoms with Crippen LogP contribution >= 0.6 is 0 Å². The zero-order valence-electron chi connectivity index (χ0n) is 7.97. The third-order valence-corrected chi connectivity index (χ3v) is 2.30. The van der Waals surface area contributed by atoms with Gasteiger partial charge in [0, 0.05) is 14.2 Å². The Labute approximate surface area is 78.1 Å². The minimum absolute atomic E-state index is 0.0668. The van der Waals surface area contributed by atoms with Crippen molar-refractivity contribution in [1.82, 2.24) is 0 Å². The monoisotopic (exact) mass is 188 g/mol. The lowest BCUT2D eigenvalue weighted by Crippen LogP contribution is -2.36. The summed E-state index contributed by atoms with van der Waals surface area (Å²) in [4.78, 5) is 0. The quantitative estimate of drug-likeness (QED) is 0.629. The minimum atomic E-state index is -0.321. The van der Waals surface area contributed by atoms with E-state index in [1.165, 1.54) is 0 Å². The van der Waals surface area contributed by atoms with Gasteiger partial charge in [0.25, 0.3) is 0 Å². The summed E-state index contributed by atoms with van der Waals surface area (Å²) in [6.07, 6.45) is 0.734. The summed E-state index contributed by atoms with van der Waals surface area (Å²) in [6, 6.07) is 0. The van der Waals surface area contributed by atoms with Crippen LogP contribution in [0.3, 0.4) is 0 Å². The van der Waals surface area contributed by atoms with Gasteiger partial charge in [0.1, 0.15) is 24.4 Å². The van der Waals surface area contributed by atoms with Crippen LogP contribution in [0.2, 0.25) is 0 Å². The second-order valence-corrected chi connectivity index (χ2v) is 2.96. The fraction of sp³-hybridized carbons (Fsp3) is 0.778. The van der Waals surface area contributed by atoms with Crippen molar-refractivity contribution in [2.45, 2.75) is 24.4 Å². The molecule has 1 heterocycles. The Hall–Kier alpha value is -0.420. The van der Waals surface area contributed by atoms with E-state index in [0.29, 0.717) is 0 Å². The maximum absolute atomic E-state index is 9.00. The van der Waals surface area contributed by atoms with Gasteiger partial charge in [-0.05, 0) is 0 Å². The highest BCUT2D eigenvalue weighted by molar-refractivity contribution is 5.00. The van der Waals surface area contributed by atoms with Crippen LogP contribution in [0.5, 0.6) is 0 Å². The maximum atomic E-state index is 9.00. The fourth-order valence-electron chi connectivity index (χ4n) is 1.65. The summed E-state index contributed by atoms with van der Waals surface area (Å²) in [5.74, 6) is 0. The van der Waals surface area contributed by atoms with E-state index in [0.717, 1.165) is 0 Å². The van der Waals surface area contributed by atoms with Crippen molar-refractivity contribution in [3.63, 3.8) is 0 Å². The highest BCUT2D eigenvalue weighted by atomic mass is 16.6. The molecule has 0 spiro atoms. The lowest BCUT2D eigenvalue weighted by molar-refractivity contribution is -0.0396. The normalized spacial score (nSPS) is 39.3. The largest absolute Gasteiger partial charge is 0.394 e. The van der Waals surface area contributed by atoms with Gasteiger partial charge in [0.15, 0.2) is 0 Å². The molecule has 0 saturated carbocycles. The lowest BCUT2D eigenvalue weighted by atomic mass is 10.1. The minimum Gasteiger partial charge on any atom is -0.394 e. The molecule has 2 unspecified atom stereocenters. The first kappa shape index (κ1) is 10.7. The first-order chi connectivity index (χ1) is 6.28. The van der Waals surface area contributed by atoms with Gasteiger partial charge in [-0.25, -0.2) is 0 Å². The maximum Gasteiger partial charge on any atom is 0.116 e. The molecule has 0 aromatic heterocycles. The molecule has 1 saturated heterocycles. The first-order valence-electron chi connectivity index (χ1n) is 4.23. The van der Waals surface area contributed by atoms with Gasteiger partial charge in [0.2, 0.25) is 0 Å². The Morgan fingerprint density at radius 3 is 2.38 bits per heavy atom. The Kier molecular flexibility index (Phi) is 3.87. The van der Waals surface area contributed by atoms with Gasteiger partial charge in [-0.1, -0.05) is 6.08 Å². The van der Waals surface area contributed by atoms with Crippen LogP contribution in [0.4, 0.5) is 0 Å². The molecule has 0 bridgehead atoms. The van der Waals surface area contributed by atoms with Crippen molar-refractivity contribution in [3.05, 3.63) is 12.7 Å². The van der Waals surface area contributed by atoms with Crippen molar-refractivity contribution in [3.8, 4) is 0 Å².